The fourth-order valence-electron chi connectivity index (χ4n) is 4.25. The Kier molecular flexibility index (Phi) is 6.31. The third-order valence-corrected chi connectivity index (χ3v) is 6.40. The van der Waals surface area contributed by atoms with Crippen LogP contribution in [0.4, 0.5) is 17.2 Å². The number of halogens is 1. The lowest BCUT2D eigenvalue weighted by Gasteiger charge is -2.30. The second-order valence-electron chi connectivity index (χ2n) is 8.58. The topological polar surface area (TPSA) is 88.0 Å². The summed E-state index contributed by atoms with van der Waals surface area (Å²) in [5, 5.41) is 14.1. The van der Waals surface area contributed by atoms with E-state index in [1.54, 1.807) is 10.7 Å². The standard InChI is InChI=1S/C28H24ClN5O2/c1-17-12-14-20(15-13-17)32-27(35)22-16-30-34-25(21-10-6-7-11-23(21)29)24(18(2)31-26(22)34)28(36)33-19-8-4-3-5-9-19/h3-16,25,31H,1-2H3,(H,32,35)(H,33,36). The summed E-state index contributed by atoms with van der Waals surface area (Å²) in [6.07, 6.45) is 1.50. The maximum Gasteiger partial charge on any atom is 0.261 e. The van der Waals surface area contributed by atoms with Crippen molar-refractivity contribution >= 4 is 40.6 Å². The number of carbonyl (C=O) groups is 2. The molecule has 1 aliphatic rings. The number of rotatable bonds is 5. The van der Waals surface area contributed by atoms with Crippen molar-refractivity contribution in [3.8, 4) is 0 Å². The summed E-state index contributed by atoms with van der Waals surface area (Å²) in [6, 6.07) is 23.5. The number of anilines is 3. The number of amides is 2. The second-order valence-corrected chi connectivity index (χ2v) is 8.99. The molecular formula is C28H24ClN5O2. The van der Waals surface area contributed by atoms with Crippen LogP contribution < -0.4 is 16.0 Å². The van der Waals surface area contributed by atoms with E-state index in [0.717, 1.165) is 5.56 Å². The predicted molar refractivity (Wildman–Crippen MR) is 142 cm³/mol. The minimum absolute atomic E-state index is 0.289. The van der Waals surface area contributed by atoms with Crippen molar-refractivity contribution in [3.05, 3.63) is 118 Å². The van der Waals surface area contributed by atoms with Gasteiger partial charge in [0.05, 0.1) is 11.8 Å². The predicted octanol–water partition coefficient (Wildman–Crippen LogP) is 6.02. The van der Waals surface area contributed by atoms with Crippen LogP contribution in [0, 0.1) is 6.92 Å². The van der Waals surface area contributed by atoms with Gasteiger partial charge in [0.2, 0.25) is 0 Å². The van der Waals surface area contributed by atoms with Crippen LogP contribution in [0.25, 0.3) is 0 Å². The molecule has 36 heavy (non-hydrogen) atoms. The van der Waals surface area contributed by atoms with Crippen molar-refractivity contribution in [1.29, 1.82) is 0 Å². The molecule has 7 nitrogen and oxygen atoms in total. The van der Waals surface area contributed by atoms with Crippen LogP contribution in [-0.2, 0) is 4.79 Å². The summed E-state index contributed by atoms with van der Waals surface area (Å²) < 4.78 is 1.64. The van der Waals surface area contributed by atoms with E-state index in [-0.39, 0.29) is 11.8 Å². The van der Waals surface area contributed by atoms with Gasteiger partial charge in [0, 0.05) is 27.7 Å². The maximum atomic E-state index is 13.5. The van der Waals surface area contributed by atoms with Crippen LogP contribution in [0.3, 0.4) is 0 Å². The van der Waals surface area contributed by atoms with Crippen LogP contribution in [0.2, 0.25) is 5.02 Å². The van der Waals surface area contributed by atoms with Crippen LogP contribution in [0.15, 0.2) is 96.3 Å². The van der Waals surface area contributed by atoms with Gasteiger partial charge in [-0.2, -0.15) is 5.10 Å². The molecule has 1 aliphatic heterocycles. The minimum atomic E-state index is -0.639. The van der Waals surface area contributed by atoms with Crippen molar-refractivity contribution in [2.75, 3.05) is 16.0 Å². The number of para-hydroxylation sites is 1. The van der Waals surface area contributed by atoms with Crippen LogP contribution >= 0.6 is 11.6 Å². The Balaban J connectivity index is 1.55. The quantitative estimate of drug-likeness (QED) is 0.314. The molecule has 1 atom stereocenters. The largest absolute Gasteiger partial charge is 0.343 e. The number of hydrogen-bond donors (Lipinski definition) is 3. The number of nitrogens with zero attached hydrogens (tertiary/aromatic N) is 2. The van der Waals surface area contributed by atoms with Gasteiger partial charge < -0.3 is 16.0 Å². The van der Waals surface area contributed by atoms with E-state index < -0.39 is 6.04 Å². The maximum absolute atomic E-state index is 13.5. The number of carbonyl (C=O) groups excluding carboxylic acids is 2. The lowest BCUT2D eigenvalue weighted by atomic mass is 9.94. The number of aromatic nitrogens is 2. The van der Waals surface area contributed by atoms with Gasteiger partial charge in [0.15, 0.2) is 0 Å². The second kappa shape index (κ2) is 9.71. The van der Waals surface area contributed by atoms with E-state index in [2.05, 4.69) is 21.0 Å². The number of hydrogen-bond acceptors (Lipinski definition) is 4. The Labute approximate surface area is 213 Å². The van der Waals surface area contributed by atoms with Crippen molar-refractivity contribution in [3.63, 3.8) is 0 Å². The molecule has 180 valence electrons. The first kappa shape index (κ1) is 23.4. The lowest BCUT2D eigenvalue weighted by Crippen LogP contribution is -2.32. The van der Waals surface area contributed by atoms with Gasteiger partial charge in [-0.3, -0.25) is 9.59 Å². The highest BCUT2D eigenvalue weighted by molar-refractivity contribution is 6.31. The molecule has 0 radical (unpaired) electrons. The molecule has 2 amide bonds. The number of fused-ring (bicyclic) bond motifs is 1. The average molecular weight is 498 g/mol. The zero-order valence-electron chi connectivity index (χ0n) is 19.7. The normalized spacial score (nSPS) is 14.6. The average Bonchev–Trinajstić information content (AvgIpc) is 3.29. The Bertz CT molecular complexity index is 1480. The van der Waals surface area contributed by atoms with Crippen LogP contribution in [0.1, 0.15) is 34.5 Å². The molecule has 0 fully saturated rings. The number of nitrogens with one attached hydrogen (secondary N) is 3. The van der Waals surface area contributed by atoms with E-state index in [1.807, 2.05) is 86.6 Å². The molecule has 3 aromatic carbocycles. The summed E-state index contributed by atoms with van der Waals surface area (Å²) in [4.78, 5) is 26.7. The van der Waals surface area contributed by atoms with Gasteiger partial charge in [-0.15, -0.1) is 0 Å². The van der Waals surface area contributed by atoms with Crippen molar-refractivity contribution in [2.24, 2.45) is 0 Å². The molecule has 4 aromatic rings. The minimum Gasteiger partial charge on any atom is -0.343 e. The SMILES string of the molecule is CC1=C(C(=O)Nc2ccccc2)C(c2ccccc2Cl)n2ncc(C(=O)Nc3ccc(C)cc3)c2N1. The molecule has 1 unspecified atom stereocenters. The molecule has 0 saturated heterocycles. The van der Waals surface area contributed by atoms with E-state index >= 15 is 0 Å². The monoisotopic (exact) mass is 497 g/mol. The zero-order chi connectivity index (χ0) is 25.2. The Morgan fingerprint density at radius 3 is 2.22 bits per heavy atom. The first-order valence-corrected chi connectivity index (χ1v) is 11.8. The van der Waals surface area contributed by atoms with Gasteiger partial charge in [-0.05, 0) is 44.2 Å². The van der Waals surface area contributed by atoms with Crippen LogP contribution in [-0.4, -0.2) is 21.6 Å². The van der Waals surface area contributed by atoms with E-state index in [9.17, 15) is 9.59 Å². The Morgan fingerprint density at radius 2 is 1.50 bits per heavy atom. The van der Waals surface area contributed by atoms with Gasteiger partial charge in [0.25, 0.3) is 11.8 Å². The van der Waals surface area contributed by atoms with E-state index in [4.69, 9.17) is 11.6 Å². The molecule has 8 heteroatoms. The summed E-state index contributed by atoms with van der Waals surface area (Å²) in [5.74, 6) is -0.114. The van der Waals surface area contributed by atoms with Gasteiger partial charge in [-0.25, -0.2) is 4.68 Å². The highest BCUT2D eigenvalue weighted by Crippen LogP contribution is 2.40. The fourth-order valence-corrected chi connectivity index (χ4v) is 4.49. The summed E-state index contributed by atoms with van der Waals surface area (Å²) in [7, 11) is 0. The molecule has 2 heterocycles. The van der Waals surface area contributed by atoms with Crippen molar-refractivity contribution in [2.45, 2.75) is 19.9 Å². The molecular weight excluding hydrogens is 474 g/mol. The molecule has 0 aliphatic carbocycles. The molecule has 0 spiro atoms. The molecule has 0 saturated carbocycles. The van der Waals surface area contributed by atoms with Gasteiger partial charge >= 0.3 is 0 Å². The smallest absolute Gasteiger partial charge is 0.261 e. The molecule has 5 rings (SSSR count). The third-order valence-electron chi connectivity index (χ3n) is 6.05. The van der Waals surface area contributed by atoms with E-state index in [0.29, 0.717) is 44.6 Å². The van der Waals surface area contributed by atoms with Crippen molar-refractivity contribution in [1.82, 2.24) is 9.78 Å². The number of benzene rings is 3. The molecule has 1 aromatic heterocycles. The first-order valence-electron chi connectivity index (χ1n) is 11.5. The van der Waals surface area contributed by atoms with Crippen molar-refractivity contribution < 1.29 is 9.59 Å². The van der Waals surface area contributed by atoms with Gasteiger partial charge in [0.1, 0.15) is 17.4 Å². The molecule has 0 bridgehead atoms. The third kappa shape index (κ3) is 4.48. The molecule has 3 N–H and O–H groups in total. The fraction of sp³-hybridized carbons (Fsp3) is 0.107. The summed E-state index contributed by atoms with van der Waals surface area (Å²) in [6.45, 7) is 3.79. The zero-order valence-corrected chi connectivity index (χ0v) is 20.5. The Morgan fingerprint density at radius 1 is 0.861 bits per heavy atom. The van der Waals surface area contributed by atoms with Gasteiger partial charge in [-0.1, -0.05) is 65.7 Å². The summed E-state index contributed by atoms with van der Waals surface area (Å²) in [5.41, 5.74) is 4.56. The van der Waals surface area contributed by atoms with E-state index in [1.165, 1.54) is 6.20 Å². The number of aryl methyl sites for hydroxylation is 1. The lowest BCUT2D eigenvalue weighted by molar-refractivity contribution is -0.113. The first-order chi connectivity index (χ1) is 17.4. The van der Waals surface area contributed by atoms with Crippen LogP contribution in [0.5, 0.6) is 0 Å². The highest BCUT2D eigenvalue weighted by Gasteiger charge is 2.36. The number of allylic oxidation sites excluding steroid dienone is 1. The Hall–Kier alpha value is -4.36. The summed E-state index contributed by atoms with van der Waals surface area (Å²) >= 11 is 6.60. The highest BCUT2D eigenvalue weighted by atomic mass is 35.5.